The Kier molecular flexibility index (Phi) is 9.08. The summed E-state index contributed by atoms with van der Waals surface area (Å²) >= 11 is 0. The van der Waals surface area contributed by atoms with Crippen molar-refractivity contribution >= 4 is 35.9 Å². The minimum atomic E-state index is -0.128. The van der Waals surface area contributed by atoms with Crippen molar-refractivity contribution in [3.05, 3.63) is 0 Å². The molecular weight excluding hydrogens is 397 g/mol. The van der Waals surface area contributed by atoms with Crippen molar-refractivity contribution in [2.75, 3.05) is 20.7 Å². The zero-order valence-electron chi connectivity index (χ0n) is 13.5. The van der Waals surface area contributed by atoms with Gasteiger partial charge in [-0.15, -0.1) is 24.0 Å². The lowest BCUT2D eigenvalue weighted by molar-refractivity contribution is -0.140. The van der Waals surface area contributed by atoms with Gasteiger partial charge < -0.3 is 20.1 Å². The zero-order valence-corrected chi connectivity index (χ0v) is 15.8. The van der Waals surface area contributed by atoms with Crippen LogP contribution in [-0.4, -0.2) is 50.9 Å². The number of rotatable bonds is 7. The summed E-state index contributed by atoms with van der Waals surface area (Å²) in [6.07, 6.45) is 7.66. The highest BCUT2D eigenvalue weighted by atomic mass is 127. The first-order chi connectivity index (χ1) is 10.2. The van der Waals surface area contributed by atoms with Gasteiger partial charge in [0.15, 0.2) is 5.96 Å². The molecule has 2 aliphatic rings. The molecule has 0 amide bonds. The number of fused-ring (bicyclic) bond motifs is 2. The third kappa shape index (κ3) is 5.91. The molecule has 2 saturated heterocycles. The van der Waals surface area contributed by atoms with Crippen LogP contribution in [0.25, 0.3) is 0 Å². The van der Waals surface area contributed by atoms with Crippen LogP contribution < -0.4 is 10.6 Å². The molecule has 0 aromatic carbocycles. The van der Waals surface area contributed by atoms with Crippen LogP contribution in [0.15, 0.2) is 4.99 Å². The molecule has 128 valence electrons. The van der Waals surface area contributed by atoms with E-state index in [-0.39, 0.29) is 29.9 Å². The third-order valence-electron chi connectivity index (χ3n) is 4.23. The van der Waals surface area contributed by atoms with Crippen LogP contribution in [0.3, 0.4) is 0 Å². The van der Waals surface area contributed by atoms with E-state index in [4.69, 9.17) is 4.74 Å². The van der Waals surface area contributed by atoms with Gasteiger partial charge in [0.25, 0.3) is 0 Å². The number of unbranched alkanes of at least 4 members (excludes halogenated alkanes) is 2. The van der Waals surface area contributed by atoms with Crippen LogP contribution in [0, 0.1) is 0 Å². The number of nitrogens with zero attached hydrogens (tertiary/aromatic N) is 1. The Morgan fingerprint density at radius 2 is 2.14 bits per heavy atom. The number of carbonyl (C=O) groups excluding carboxylic acids is 1. The topological polar surface area (TPSA) is 72.0 Å². The average Bonchev–Trinajstić information content (AvgIpc) is 3.11. The Hall–Kier alpha value is -0.570. The lowest BCUT2D eigenvalue weighted by Gasteiger charge is -2.22. The second-order valence-electron chi connectivity index (χ2n) is 5.75. The molecule has 2 heterocycles. The Labute approximate surface area is 149 Å². The van der Waals surface area contributed by atoms with Gasteiger partial charge >= 0.3 is 5.97 Å². The maximum Gasteiger partial charge on any atom is 0.305 e. The first-order valence-corrected chi connectivity index (χ1v) is 7.92. The van der Waals surface area contributed by atoms with Crippen LogP contribution in [0.2, 0.25) is 0 Å². The third-order valence-corrected chi connectivity index (χ3v) is 4.23. The second-order valence-corrected chi connectivity index (χ2v) is 5.75. The summed E-state index contributed by atoms with van der Waals surface area (Å²) in [7, 11) is 3.22. The zero-order chi connectivity index (χ0) is 15.1. The molecule has 0 spiro atoms. The highest BCUT2D eigenvalue weighted by molar-refractivity contribution is 14.0. The fourth-order valence-corrected chi connectivity index (χ4v) is 3.04. The maximum atomic E-state index is 11.0. The summed E-state index contributed by atoms with van der Waals surface area (Å²) in [4.78, 5) is 15.2. The molecule has 0 aromatic rings. The molecule has 2 rings (SSSR count). The summed E-state index contributed by atoms with van der Waals surface area (Å²) in [6, 6.07) is 0.397. The minimum absolute atomic E-state index is 0. The van der Waals surface area contributed by atoms with Gasteiger partial charge in [-0.2, -0.15) is 0 Å². The number of nitrogens with one attached hydrogen (secondary N) is 2. The molecule has 0 aliphatic carbocycles. The molecule has 2 N–H and O–H groups in total. The Morgan fingerprint density at radius 3 is 2.73 bits per heavy atom. The predicted molar refractivity (Wildman–Crippen MR) is 96.7 cm³/mol. The van der Waals surface area contributed by atoms with Crippen molar-refractivity contribution in [2.45, 2.75) is 63.2 Å². The first-order valence-electron chi connectivity index (χ1n) is 7.92. The molecule has 3 unspecified atom stereocenters. The van der Waals surface area contributed by atoms with Gasteiger partial charge in [-0.1, -0.05) is 6.42 Å². The monoisotopic (exact) mass is 425 g/mol. The van der Waals surface area contributed by atoms with Gasteiger partial charge in [-0.05, 0) is 32.1 Å². The van der Waals surface area contributed by atoms with E-state index in [1.54, 1.807) is 7.05 Å². The quantitative estimate of drug-likeness (QED) is 0.214. The molecule has 0 aromatic heterocycles. The lowest BCUT2D eigenvalue weighted by Crippen LogP contribution is -2.47. The number of halogens is 1. The van der Waals surface area contributed by atoms with Gasteiger partial charge in [0.05, 0.1) is 25.4 Å². The van der Waals surface area contributed by atoms with Crippen LogP contribution in [-0.2, 0) is 14.3 Å². The SMILES string of the molecule is CN=C(NCCCCCC(=O)OC)NC1CC2CCC1O2.I. The summed E-state index contributed by atoms with van der Waals surface area (Å²) in [6.45, 7) is 0.864. The molecule has 2 aliphatic heterocycles. The van der Waals surface area contributed by atoms with Crippen molar-refractivity contribution in [1.29, 1.82) is 0 Å². The molecule has 7 heteroatoms. The molecule has 0 saturated carbocycles. The van der Waals surface area contributed by atoms with Crippen molar-refractivity contribution in [3.63, 3.8) is 0 Å². The van der Waals surface area contributed by atoms with E-state index in [9.17, 15) is 4.79 Å². The molecule has 2 fully saturated rings. The van der Waals surface area contributed by atoms with E-state index in [1.807, 2.05) is 0 Å². The summed E-state index contributed by atoms with van der Waals surface area (Å²) in [5.74, 6) is 0.723. The number of guanidine groups is 1. The van der Waals surface area contributed by atoms with E-state index in [0.717, 1.165) is 44.6 Å². The number of esters is 1. The standard InChI is InChI=1S/C15H27N3O3.HI/c1-16-15(17-9-5-3-4-6-14(19)20-2)18-12-10-11-7-8-13(12)21-11;/h11-13H,3-10H2,1-2H3,(H2,16,17,18);1H. The van der Waals surface area contributed by atoms with Gasteiger partial charge in [-0.3, -0.25) is 9.79 Å². The summed E-state index contributed by atoms with van der Waals surface area (Å²) in [5, 5.41) is 6.78. The van der Waals surface area contributed by atoms with E-state index >= 15 is 0 Å². The van der Waals surface area contributed by atoms with Crippen molar-refractivity contribution in [1.82, 2.24) is 10.6 Å². The fourth-order valence-electron chi connectivity index (χ4n) is 3.04. The van der Waals surface area contributed by atoms with Gasteiger partial charge in [0, 0.05) is 20.0 Å². The summed E-state index contributed by atoms with van der Waals surface area (Å²) in [5.41, 5.74) is 0. The highest BCUT2D eigenvalue weighted by Gasteiger charge is 2.40. The molecular formula is C15H28IN3O3. The van der Waals surface area contributed by atoms with Crippen LogP contribution in [0.1, 0.15) is 44.9 Å². The second kappa shape index (κ2) is 10.3. The number of carbonyl (C=O) groups is 1. The number of hydrogen-bond donors (Lipinski definition) is 2. The molecule has 22 heavy (non-hydrogen) atoms. The van der Waals surface area contributed by atoms with Crippen LogP contribution in [0.5, 0.6) is 0 Å². The molecule has 3 atom stereocenters. The first kappa shape index (κ1) is 19.5. The fraction of sp³-hybridized carbons (Fsp3) is 0.867. The van der Waals surface area contributed by atoms with E-state index in [0.29, 0.717) is 24.7 Å². The van der Waals surface area contributed by atoms with Gasteiger partial charge in [0.2, 0.25) is 0 Å². The van der Waals surface area contributed by atoms with Crippen molar-refractivity contribution < 1.29 is 14.3 Å². The Morgan fingerprint density at radius 1 is 1.32 bits per heavy atom. The van der Waals surface area contributed by atoms with Gasteiger partial charge in [0.1, 0.15) is 0 Å². The molecule has 6 nitrogen and oxygen atoms in total. The highest BCUT2D eigenvalue weighted by Crippen LogP contribution is 2.34. The van der Waals surface area contributed by atoms with Crippen molar-refractivity contribution in [3.8, 4) is 0 Å². The maximum absolute atomic E-state index is 11.0. The summed E-state index contributed by atoms with van der Waals surface area (Å²) < 4.78 is 10.4. The molecule has 0 radical (unpaired) electrons. The lowest BCUT2D eigenvalue weighted by atomic mass is 9.96. The Balaban J connectivity index is 0.00000242. The van der Waals surface area contributed by atoms with E-state index < -0.39 is 0 Å². The molecule has 2 bridgehead atoms. The van der Waals surface area contributed by atoms with E-state index in [1.165, 1.54) is 13.5 Å². The Bertz CT molecular complexity index is 379. The average molecular weight is 425 g/mol. The van der Waals surface area contributed by atoms with Crippen LogP contribution >= 0.6 is 24.0 Å². The number of aliphatic imine (C=N–C) groups is 1. The van der Waals surface area contributed by atoms with Gasteiger partial charge in [-0.25, -0.2) is 0 Å². The van der Waals surface area contributed by atoms with E-state index in [2.05, 4.69) is 20.4 Å². The van der Waals surface area contributed by atoms with Crippen molar-refractivity contribution in [2.24, 2.45) is 4.99 Å². The normalized spacial score (nSPS) is 26.5. The predicted octanol–water partition coefficient (Wildman–Crippen LogP) is 1.82. The largest absolute Gasteiger partial charge is 0.469 e. The smallest absolute Gasteiger partial charge is 0.305 e. The van der Waals surface area contributed by atoms with Crippen LogP contribution in [0.4, 0.5) is 0 Å². The number of hydrogen-bond acceptors (Lipinski definition) is 4. The number of methoxy groups -OCH3 is 1. The number of ether oxygens (including phenoxy) is 2. The minimum Gasteiger partial charge on any atom is -0.469 e.